The van der Waals surface area contributed by atoms with Crippen LogP contribution in [-0.4, -0.2) is 12.2 Å². The molecule has 0 saturated heterocycles. The van der Waals surface area contributed by atoms with Gasteiger partial charge >= 0.3 is 0 Å². The van der Waals surface area contributed by atoms with Crippen LogP contribution < -0.4 is 5.32 Å². The maximum Gasteiger partial charge on any atom is 0.0716 e. The van der Waals surface area contributed by atoms with Crippen LogP contribution in [0.25, 0.3) is 0 Å². The number of aliphatic hydroxyl groups is 1. The lowest BCUT2D eigenvalue weighted by Gasteiger charge is -2.10. The molecule has 0 aliphatic heterocycles. The van der Waals surface area contributed by atoms with Gasteiger partial charge in [-0.2, -0.15) is 0 Å². The first kappa shape index (κ1) is 14.7. The molecule has 0 aromatic heterocycles. The van der Waals surface area contributed by atoms with Crippen LogP contribution in [0.1, 0.15) is 22.3 Å². The van der Waals surface area contributed by atoms with Crippen LogP contribution in [0.3, 0.4) is 0 Å². The number of methoxy groups -OCH3 is 1. The molecule has 2 aromatic carbocycles. The van der Waals surface area contributed by atoms with Crippen molar-refractivity contribution in [3.8, 4) is 0 Å². The van der Waals surface area contributed by atoms with Crippen LogP contribution >= 0.6 is 0 Å². The Kier molecular flexibility index (Phi) is 5.74. The van der Waals surface area contributed by atoms with Crippen molar-refractivity contribution in [3.05, 3.63) is 70.8 Å². The average Bonchev–Trinajstić information content (AvgIpc) is 2.49. The third-order valence-corrected chi connectivity index (χ3v) is 3.24. The normalized spacial score (nSPS) is 10.7. The van der Waals surface area contributed by atoms with Crippen molar-refractivity contribution < 1.29 is 9.84 Å². The van der Waals surface area contributed by atoms with Crippen molar-refractivity contribution in [2.75, 3.05) is 7.11 Å². The highest BCUT2D eigenvalue weighted by atomic mass is 16.5. The Morgan fingerprint density at radius 3 is 2.45 bits per heavy atom. The molecule has 3 heteroatoms. The van der Waals surface area contributed by atoms with Crippen molar-refractivity contribution in [3.63, 3.8) is 0 Å². The number of rotatable bonds is 7. The lowest BCUT2D eigenvalue weighted by atomic mass is 10.1. The van der Waals surface area contributed by atoms with Gasteiger partial charge in [0, 0.05) is 20.2 Å². The zero-order valence-electron chi connectivity index (χ0n) is 11.8. The first-order valence-corrected chi connectivity index (χ1v) is 6.78. The van der Waals surface area contributed by atoms with E-state index in [9.17, 15) is 0 Å². The highest BCUT2D eigenvalue weighted by Gasteiger charge is 2.01. The van der Waals surface area contributed by atoms with E-state index in [4.69, 9.17) is 9.84 Å². The van der Waals surface area contributed by atoms with E-state index in [0.717, 1.165) is 18.7 Å². The third-order valence-electron chi connectivity index (χ3n) is 3.24. The van der Waals surface area contributed by atoms with Gasteiger partial charge in [0.25, 0.3) is 0 Å². The number of hydrogen-bond donors (Lipinski definition) is 2. The highest BCUT2D eigenvalue weighted by molar-refractivity contribution is 5.27. The van der Waals surface area contributed by atoms with Gasteiger partial charge in [0.05, 0.1) is 13.2 Å². The summed E-state index contributed by atoms with van der Waals surface area (Å²) in [5.41, 5.74) is 4.60. The predicted octanol–water partition coefficient (Wildman–Crippen LogP) is 2.62. The fourth-order valence-corrected chi connectivity index (χ4v) is 2.21. The molecule has 0 saturated carbocycles. The summed E-state index contributed by atoms with van der Waals surface area (Å²) in [4.78, 5) is 0. The second-order valence-electron chi connectivity index (χ2n) is 4.78. The molecule has 2 N–H and O–H groups in total. The topological polar surface area (TPSA) is 41.5 Å². The summed E-state index contributed by atoms with van der Waals surface area (Å²) in [6.45, 7) is 2.32. The van der Waals surface area contributed by atoms with Crippen LogP contribution in [0, 0.1) is 0 Å². The number of nitrogens with one attached hydrogen (secondary N) is 1. The molecular formula is C17H21NO2. The van der Waals surface area contributed by atoms with Gasteiger partial charge in [-0.3, -0.25) is 0 Å². The van der Waals surface area contributed by atoms with E-state index in [0.29, 0.717) is 6.61 Å². The molecule has 0 radical (unpaired) electrons. The molecule has 106 valence electrons. The quantitative estimate of drug-likeness (QED) is 0.813. The Morgan fingerprint density at radius 1 is 0.950 bits per heavy atom. The number of hydrogen-bond acceptors (Lipinski definition) is 3. The minimum Gasteiger partial charge on any atom is -0.392 e. The molecule has 0 spiro atoms. The Morgan fingerprint density at radius 2 is 1.70 bits per heavy atom. The van der Waals surface area contributed by atoms with Crippen molar-refractivity contribution in [1.82, 2.24) is 5.32 Å². The van der Waals surface area contributed by atoms with Gasteiger partial charge in [0.15, 0.2) is 0 Å². The number of aliphatic hydroxyl groups excluding tert-OH is 1. The molecule has 2 rings (SSSR count). The summed E-state index contributed by atoms with van der Waals surface area (Å²) in [5.74, 6) is 0. The van der Waals surface area contributed by atoms with Gasteiger partial charge in [0.1, 0.15) is 0 Å². The standard InChI is InChI=1S/C17H21NO2/c1-20-13-17-8-3-2-7-16(17)11-18-10-14-5-4-6-15(9-14)12-19/h2-9,18-19H,10-13H2,1H3. The summed E-state index contributed by atoms with van der Waals surface area (Å²) in [6, 6.07) is 16.3. The summed E-state index contributed by atoms with van der Waals surface area (Å²) < 4.78 is 5.21. The SMILES string of the molecule is COCc1ccccc1CNCc1cccc(CO)c1. The number of ether oxygens (including phenoxy) is 1. The minimum atomic E-state index is 0.0878. The van der Waals surface area contributed by atoms with E-state index in [1.54, 1.807) is 7.11 Å². The van der Waals surface area contributed by atoms with Crippen LogP contribution in [0.4, 0.5) is 0 Å². The lowest BCUT2D eigenvalue weighted by molar-refractivity contribution is 0.184. The second-order valence-corrected chi connectivity index (χ2v) is 4.78. The molecule has 0 heterocycles. The summed E-state index contributed by atoms with van der Waals surface area (Å²) in [7, 11) is 1.71. The molecule has 0 bridgehead atoms. The molecule has 0 atom stereocenters. The van der Waals surface area contributed by atoms with Gasteiger partial charge in [0.2, 0.25) is 0 Å². The third kappa shape index (κ3) is 4.17. The molecular weight excluding hydrogens is 250 g/mol. The Labute approximate surface area is 120 Å². The summed E-state index contributed by atoms with van der Waals surface area (Å²) in [5, 5.41) is 12.6. The summed E-state index contributed by atoms with van der Waals surface area (Å²) in [6.07, 6.45) is 0. The second kappa shape index (κ2) is 7.80. The van der Waals surface area contributed by atoms with E-state index < -0.39 is 0 Å². The number of benzene rings is 2. The zero-order chi connectivity index (χ0) is 14.2. The van der Waals surface area contributed by atoms with Crippen LogP contribution in [-0.2, 0) is 31.0 Å². The Bertz CT molecular complexity index is 540. The van der Waals surface area contributed by atoms with Gasteiger partial charge in [-0.05, 0) is 22.3 Å². The molecule has 0 amide bonds. The fourth-order valence-electron chi connectivity index (χ4n) is 2.21. The van der Waals surface area contributed by atoms with E-state index >= 15 is 0 Å². The molecule has 0 aliphatic carbocycles. The maximum absolute atomic E-state index is 9.13. The van der Waals surface area contributed by atoms with Gasteiger partial charge in [-0.1, -0.05) is 48.5 Å². The van der Waals surface area contributed by atoms with E-state index in [1.165, 1.54) is 16.7 Å². The Hall–Kier alpha value is -1.68. The first-order valence-electron chi connectivity index (χ1n) is 6.78. The summed E-state index contributed by atoms with van der Waals surface area (Å²) >= 11 is 0. The van der Waals surface area contributed by atoms with Gasteiger partial charge in [-0.15, -0.1) is 0 Å². The van der Waals surface area contributed by atoms with Crippen LogP contribution in [0.2, 0.25) is 0 Å². The first-order chi connectivity index (χ1) is 9.83. The van der Waals surface area contributed by atoms with Crippen molar-refractivity contribution in [1.29, 1.82) is 0 Å². The van der Waals surface area contributed by atoms with Crippen LogP contribution in [0.5, 0.6) is 0 Å². The van der Waals surface area contributed by atoms with Gasteiger partial charge in [-0.25, -0.2) is 0 Å². The molecule has 20 heavy (non-hydrogen) atoms. The van der Waals surface area contributed by atoms with Crippen molar-refractivity contribution in [2.24, 2.45) is 0 Å². The van der Waals surface area contributed by atoms with Gasteiger partial charge < -0.3 is 15.2 Å². The molecule has 0 unspecified atom stereocenters. The van der Waals surface area contributed by atoms with Crippen molar-refractivity contribution in [2.45, 2.75) is 26.3 Å². The monoisotopic (exact) mass is 271 g/mol. The van der Waals surface area contributed by atoms with E-state index in [1.807, 2.05) is 30.3 Å². The van der Waals surface area contributed by atoms with Crippen molar-refractivity contribution >= 4 is 0 Å². The predicted molar refractivity (Wildman–Crippen MR) is 80.1 cm³/mol. The largest absolute Gasteiger partial charge is 0.392 e. The average molecular weight is 271 g/mol. The molecule has 2 aromatic rings. The smallest absolute Gasteiger partial charge is 0.0716 e. The van der Waals surface area contributed by atoms with E-state index in [-0.39, 0.29) is 6.61 Å². The fraction of sp³-hybridized carbons (Fsp3) is 0.294. The zero-order valence-corrected chi connectivity index (χ0v) is 11.8. The molecule has 3 nitrogen and oxygen atoms in total. The maximum atomic E-state index is 9.13. The van der Waals surface area contributed by atoms with E-state index in [2.05, 4.69) is 23.5 Å². The minimum absolute atomic E-state index is 0.0878. The highest BCUT2D eigenvalue weighted by Crippen LogP contribution is 2.10. The molecule has 0 fully saturated rings. The molecule has 0 aliphatic rings. The lowest BCUT2D eigenvalue weighted by Crippen LogP contribution is -2.14. The Balaban J connectivity index is 1.92. The van der Waals surface area contributed by atoms with Crippen LogP contribution in [0.15, 0.2) is 48.5 Å².